The van der Waals surface area contributed by atoms with Gasteiger partial charge in [-0.15, -0.1) is 0 Å². The van der Waals surface area contributed by atoms with Crippen LogP contribution in [0.15, 0.2) is 24.3 Å². The van der Waals surface area contributed by atoms with Crippen LogP contribution in [0.1, 0.15) is 43.2 Å². The summed E-state index contributed by atoms with van der Waals surface area (Å²) in [5.74, 6) is -0.166. The first-order chi connectivity index (χ1) is 11.0. The number of amides is 1. The van der Waals surface area contributed by atoms with Crippen LogP contribution in [-0.2, 0) is 14.3 Å². The van der Waals surface area contributed by atoms with E-state index in [9.17, 15) is 9.59 Å². The van der Waals surface area contributed by atoms with E-state index in [1.165, 1.54) is 11.1 Å². The zero-order chi connectivity index (χ0) is 16.6. The average molecular weight is 317 g/mol. The molecule has 1 saturated heterocycles. The van der Waals surface area contributed by atoms with Crippen LogP contribution in [0.3, 0.4) is 0 Å². The molecule has 0 aromatic heterocycles. The van der Waals surface area contributed by atoms with Crippen molar-refractivity contribution in [2.75, 3.05) is 19.7 Å². The molecule has 0 spiro atoms. The fraction of sp³-hybridized carbons (Fsp3) is 0.556. The Balaban J connectivity index is 1.61. The Morgan fingerprint density at radius 1 is 1.26 bits per heavy atom. The summed E-state index contributed by atoms with van der Waals surface area (Å²) in [7, 11) is 0. The summed E-state index contributed by atoms with van der Waals surface area (Å²) in [5.41, 5.74) is 2.51. The van der Waals surface area contributed by atoms with E-state index < -0.39 is 12.1 Å². The van der Waals surface area contributed by atoms with Crippen LogP contribution in [0.2, 0.25) is 0 Å². The third-order valence-corrected chi connectivity index (χ3v) is 4.79. The van der Waals surface area contributed by atoms with Gasteiger partial charge in [-0.1, -0.05) is 38.1 Å². The molecule has 3 atom stereocenters. The molecule has 2 aliphatic rings. The Kier molecular flexibility index (Phi) is 4.39. The molecule has 1 aromatic rings. The summed E-state index contributed by atoms with van der Waals surface area (Å²) in [6.07, 6.45) is -0.0372. The second-order valence-electron chi connectivity index (χ2n) is 6.75. The highest BCUT2D eigenvalue weighted by Gasteiger charge is 2.46. The molecule has 1 aromatic carbocycles. The smallest absolute Gasteiger partial charge is 0.334 e. The Morgan fingerprint density at radius 2 is 1.96 bits per heavy atom. The van der Waals surface area contributed by atoms with Crippen LogP contribution in [0.4, 0.5) is 0 Å². The number of morpholine rings is 1. The lowest BCUT2D eigenvalue weighted by Gasteiger charge is -2.31. The number of carbonyl (C=O) groups is 2. The molecule has 0 radical (unpaired) electrons. The van der Waals surface area contributed by atoms with Crippen LogP contribution in [0, 0.1) is 5.92 Å². The lowest BCUT2D eigenvalue weighted by Crippen LogP contribution is -2.49. The van der Waals surface area contributed by atoms with Gasteiger partial charge in [-0.3, -0.25) is 4.79 Å². The summed E-state index contributed by atoms with van der Waals surface area (Å²) in [6.45, 7) is 5.26. The third kappa shape index (κ3) is 3.39. The number of carboxylic acid groups (broad SMARTS) is 1. The number of ether oxygens (including phenoxy) is 1. The minimum atomic E-state index is -1.00. The summed E-state index contributed by atoms with van der Waals surface area (Å²) < 4.78 is 5.17. The molecule has 1 amide bonds. The predicted molar refractivity (Wildman–Crippen MR) is 85.3 cm³/mol. The molecule has 1 aliphatic carbocycles. The van der Waals surface area contributed by atoms with E-state index in [1.54, 1.807) is 4.90 Å². The molecular weight excluding hydrogens is 294 g/mol. The van der Waals surface area contributed by atoms with Gasteiger partial charge in [0.2, 0.25) is 5.91 Å². The highest BCUT2D eigenvalue weighted by molar-refractivity contribution is 5.84. The van der Waals surface area contributed by atoms with Gasteiger partial charge in [-0.2, -0.15) is 0 Å². The molecule has 23 heavy (non-hydrogen) atoms. The van der Waals surface area contributed by atoms with Crippen LogP contribution < -0.4 is 0 Å². The van der Waals surface area contributed by atoms with Gasteiger partial charge in [0.25, 0.3) is 0 Å². The lowest BCUT2D eigenvalue weighted by molar-refractivity contribution is -0.159. The standard InChI is InChI=1S/C18H23NO4/c1-11(2)12-3-5-13(6-4-12)14-9-15(14)17(20)19-7-8-23-16(10-19)18(21)22/h3-6,11,14-16H,7-10H2,1-2H3,(H,21,22)/t14-,15-,16-/m0/s1. The van der Waals surface area contributed by atoms with Crippen molar-refractivity contribution in [1.29, 1.82) is 0 Å². The van der Waals surface area contributed by atoms with Gasteiger partial charge in [0.15, 0.2) is 6.10 Å². The maximum atomic E-state index is 12.6. The largest absolute Gasteiger partial charge is 0.479 e. The number of rotatable bonds is 4. The number of aliphatic carboxylic acids is 1. The molecule has 3 rings (SSSR count). The molecule has 1 saturated carbocycles. The van der Waals surface area contributed by atoms with Crippen molar-refractivity contribution in [2.45, 2.75) is 38.2 Å². The average Bonchev–Trinajstić information content (AvgIpc) is 3.35. The maximum Gasteiger partial charge on any atom is 0.334 e. The quantitative estimate of drug-likeness (QED) is 0.925. The second-order valence-corrected chi connectivity index (χ2v) is 6.75. The molecule has 1 N–H and O–H groups in total. The summed E-state index contributed by atoms with van der Waals surface area (Å²) in [6, 6.07) is 8.50. The first kappa shape index (κ1) is 16.0. The van der Waals surface area contributed by atoms with Crippen LogP contribution >= 0.6 is 0 Å². The minimum Gasteiger partial charge on any atom is -0.479 e. The van der Waals surface area contributed by atoms with Gasteiger partial charge in [-0.25, -0.2) is 4.79 Å². The Hall–Kier alpha value is -1.88. The van der Waals surface area contributed by atoms with E-state index in [1.807, 2.05) is 0 Å². The second kappa shape index (κ2) is 6.32. The van der Waals surface area contributed by atoms with E-state index in [0.717, 1.165) is 6.42 Å². The summed E-state index contributed by atoms with van der Waals surface area (Å²) >= 11 is 0. The molecular formula is C18H23NO4. The molecule has 1 aliphatic heterocycles. The zero-order valence-corrected chi connectivity index (χ0v) is 13.6. The number of benzene rings is 1. The van der Waals surface area contributed by atoms with Crippen LogP contribution in [0.5, 0.6) is 0 Å². The summed E-state index contributed by atoms with van der Waals surface area (Å²) in [4.78, 5) is 25.2. The van der Waals surface area contributed by atoms with E-state index >= 15 is 0 Å². The molecule has 0 bridgehead atoms. The number of hydrogen-bond donors (Lipinski definition) is 1. The van der Waals surface area contributed by atoms with Gasteiger partial charge in [-0.05, 0) is 29.4 Å². The lowest BCUT2D eigenvalue weighted by atomic mass is 10.00. The SMILES string of the molecule is CC(C)c1ccc([C@@H]2C[C@@H]2C(=O)N2CCO[C@H](C(=O)O)C2)cc1. The van der Waals surface area contributed by atoms with Gasteiger partial charge >= 0.3 is 5.97 Å². The van der Waals surface area contributed by atoms with E-state index in [2.05, 4.69) is 38.1 Å². The van der Waals surface area contributed by atoms with Gasteiger partial charge in [0.1, 0.15) is 0 Å². The van der Waals surface area contributed by atoms with Crippen LogP contribution in [-0.4, -0.2) is 47.7 Å². The van der Waals surface area contributed by atoms with Crippen molar-refractivity contribution in [3.63, 3.8) is 0 Å². The zero-order valence-electron chi connectivity index (χ0n) is 13.6. The number of carbonyl (C=O) groups excluding carboxylic acids is 1. The first-order valence-electron chi connectivity index (χ1n) is 8.20. The number of nitrogens with zero attached hydrogens (tertiary/aromatic N) is 1. The number of carboxylic acids is 1. The molecule has 5 heteroatoms. The fourth-order valence-electron chi connectivity index (χ4n) is 3.20. The molecule has 124 valence electrons. The number of hydrogen-bond acceptors (Lipinski definition) is 3. The maximum absolute atomic E-state index is 12.6. The van der Waals surface area contributed by atoms with Gasteiger partial charge in [0, 0.05) is 12.5 Å². The topological polar surface area (TPSA) is 66.8 Å². The van der Waals surface area contributed by atoms with E-state index in [0.29, 0.717) is 19.1 Å². The van der Waals surface area contributed by atoms with Crippen molar-refractivity contribution in [3.8, 4) is 0 Å². The van der Waals surface area contributed by atoms with Crippen LogP contribution in [0.25, 0.3) is 0 Å². The van der Waals surface area contributed by atoms with Crippen molar-refractivity contribution in [2.24, 2.45) is 5.92 Å². The van der Waals surface area contributed by atoms with E-state index in [-0.39, 0.29) is 24.3 Å². The fourth-order valence-corrected chi connectivity index (χ4v) is 3.20. The third-order valence-electron chi connectivity index (χ3n) is 4.79. The minimum absolute atomic E-state index is 0.00700. The molecule has 2 fully saturated rings. The van der Waals surface area contributed by atoms with E-state index in [4.69, 9.17) is 9.84 Å². The van der Waals surface area contributed by atoms with Gasteiger partial charge in [0.05, 0.1) is 13.2 Å². The Morgan fingerprint density at radius 3 is 2.57 bits per heavy atom. The predicted octanol–water partition coefficient (Wildman–Crippen LogP) is 2.23. The summed E-state index contributed by atoms with van der Waals surface area (Å²) in [5, 5.41) is 9.03. The molecule has 1 heterocycles. The van der Waals surface area contributed by atoms with Crippen molar-refractivity contribution in [3.05, 3.63) is 35.4 Å². The monoisotopic (exact) mass is 317 g/mol. The van der Waals surface area contributed by atoms with Crippen molar-refractivity contribution < 1.29 is 19.4 Å². The Bertz CT molecular complexity index is 596. The first-order valence-corrected chi connectivity index (χ1v) is 8.20. The van der Waals surface area contributed by atoms with Crippen molar-refractivity contribution >= 4 is 11.9 Å². The highest BCUT2D eigenvalue weighted by Crippen LogP contribution is 2.48. The highest BCUT2D eigenvalue weighted by atomic mass is 16.5. The van der Waals surface area contributed by atoms with Gasteiger partial charge < -0.3 is 14.7 Å². The normalized spacial score (nSPS) is 27.1. The molecule has 5 nitrogen and oxygen atoms in total. The van der Waals surface area contributed by atoms with Crippen molar-refractivity contribution in [1.82, 2.24) is 4.90 Å². The molecule has 0 unspecified atom stereocenters. The Labute approximate surface area is 136 Å².